The van der Waals surface area contributed by atoms with Crippen molar-refractivity contribution in [2.75, 3.05) is 7.05 Å². The highest BCUT2D eigenvalue weighted by molar-refractivity contribution is 8.00. The number of fused-ring (bicyclic) bond motifs is 1. The van der Waals surface area contributed by atoms with E-state index in [1.54, 1.807) is 7.05 Å². The molecule has 5 atom stereocenters. The molecule has 2 aliphatic heterocycles. The molecule has 3 N–H and O–H groups in total. The average Bonchev–Trinajstić information content (AvgIpc) is 2.66. The first-order chi connectivity index (χ1) is 7.54. The summed E-state index contributed by atoms with van der Waals surface area (Å²) in [5.41, 5.74) is -0.667. The topological polar surface area (TPSA) is 74.1 Å². The van der Waals surface area contributed by atoms with Crippen LogP contribution in [0.2, 0.25) is 0 Å². The van der Waals surface area contributed by atoms with Gasteiger partial charge in [0.15, 0.2) is 5.44 Å². The first-order valence-corrected chi connectivity index (χ1v) is 5.71. The number of aliphatic hydroxyl groups is 2. The van der Waals surface area contributed by atoms with Crippen molar-refractivity contribution >= 4 is 17.8 Å². The second kappa shape index (κ2) is 4.34. The van der Waals surface area contributed by atoms with Crippen LogP contribution in [0.4, 0.5) is 8.78 Å². The zero-order valence-corrected chi connectivity index (χ0v) is 9.19. The highest BCUT2D eigenvalue weighted by Crippen LogP contribution is 2.40. The largest absolute Gasteiger partial charge is 0.448 e. The normalized spacial score (nSPS) is 42.6. The van der Waals surface area contributed by atoms with Crippen LogP contribution >= 0.6 is 11.8 Å². The maximum absolute atomic E-state index is 12.6. The number of hydrogen-bond donors (Lipinski definition) is 3. The number of nitrogens with one attached hydrogen (secondary N) is 1. The van der Waals surface area contributed by atoms with E-state index in [9.17, 15) is 19.0 Å². The molecule has 0 spiro atoms. The van der Waals surface area contributed by atoms with Crippen molar-refractivity contribution < 1.29 is 23.7 Å². The summed E-state index contributed by atoms with van der Waals surface area (Å²) in [5, 5.41) is 20.5. The molecule has 1 saturated heterocycles. The number of aliphatic imine (C=N–C) groups is 1. The number of hydrogen-bond acceptors (Lipinski definition) is 6. The molecule has 2 heterocycles. The van der Waals surface area contributed by atoms with Crippen LogP contribution in [0.3, 0.4) is 0 Å². The van der Waals surface area contributed by atoms with E-state index < -0.39 is 35.4 Å². The van der Waals surface area contributed by atoms with Gasteiger partial charge in [-0.1, -0.05) is 0 Å². The molecule has 1 fully saturated rings. The summed E-state index contributed by atoms with van der Waals surface area (Å²) < 4.78 is 30.4. The quantitative estimate of drug-likeness (QED) is 0.582. The Morgan fingerprint density at radius 1 is 1.44 bits per heavy atom. The zero-order chi connectivity index (χ0) is 11.9. The molecule has 0 bridgehead atoms. The minimum Gasteiger partial charge on any atom is -0.448 e. The summed E-state index contributed by atoms with van der Waals surface area (Å²) >= 11 is 0.804. The lowest BCUT2D eigenvalue weighted by atomic mass is 10.0. The SMILES string of the molecule is CNC1=N[C@@H]2[C@@H](O)[C@H](O)C(C(F)F)S[C@@H]2O1. The van der Waals surface area contributed by atoms with Crippen LogP contribution in [0.15, 0.2) is 4.99 Å². The van der Waals surface area contributed by atoms with Crippen molar-refractivity contribution in [3.8, 4) is 0 Å². The molecule has 1 unspecified atom stereocenters. The van der Waals surface area contributed by atoms with Gasteiger partial charge in [-0.05, 0) is 0 Å². The number of aliphatic hydroxyl groups excluding tert-OH is 2. The van der Waals surface area contributed by atoms with Gasteiger partial charge in [0.2, 0.25) is 0 Å². The fraction of sp³-hybridized carbons (Fsp3) is 0.875. The Morgan fingerprint density at radius 3 is 2.69 bits per heavy atom. The summed E-state index contributed by atoms with van der Waals surface area (Å²) in [5.74, 6) is 0. The highest BCUT2D eigenvalue weighted by Gasteiger charge is 2.51. The Labute approximate surface area is 94.9 Å². The van der Waals surface area contributed by atoms with Gasteiger partial charge < -0.3 is 20.3 Å². The van der Waals surface area contributed by atoms with Crippen molar-refractivity contribution in [3.63, 3.8) is 0 Å². The third-order valence-electron chi connectivity index (χ3n) is 2.56. The van der Waals surface area contributed by atoms with E-state index in [1.165, 1.54) is 0 Å². The van der Waals surface area contributed by atoms with Crippen LogP contribution in [0.1, 0.15) is 0 Å². The Hall–Kier alpha value is -0.600. The second-order valence-electron chi connectivity index (χ2n) is 3.58. The molecule has 8 heteroatoms. The smallest absolute Gasteiger partial charge is 0.286 e. The van der Waals surface area contributed by atoms with E-state index in [1.807, 2.05) is 0 Å². The van der Waals surface area contributed by atoms with Gasteiger partial charge in [0.05, 0.1) is 11.4 Å². The maximum atomic E-state index is 12.6. The summed E-state index contributed by atoms with van der Waals surface area (Å²) in [7, 11) is 1.58. The van der Waals surface area contributed by atoms with Gasteiger partial charge in [-0.2, -0.15) is 0 Å². The van der Waals surface area contributed by atoms with Crippen LogP contribution in [-0.4, -0.2) is 58.6 Å². The van der Waals surface area contributed by atoms with E-state index in [2.05, 4.69) is 10.3 Å². The van der Waals surface area contributed by atoms with Gasteiger partial charge in [0.25, 0.3) is 12.4 Å². The van der Waals surface area contributed by atoms with Gasteiger partial charge in [-0.15, -0.1) is 11.8 Å². The Bertz CT molecular complexity index is 305. The summed E-state index contributed by atoms with van der Waals surface area (Å²) in [6.45, 7) is 0. The van der Waals surface area contributed by atoms with Crippen molar-refractivity contribution in [2.24, 2.45) is 4.99 Å². The molecular weight excluding hydrogens is 242 g/mol. The number of ether oxygens (including phenoxy) is 1. The monoisotopic (exact) mass is 254 g/mol. The third-order valence-corrected chi connectivity index (χ3v) is 4.01. The fourth-order valence-corrected chi connectivity index (χ4v) is 3.00. The number of amidine groups is 1. The van der Waals surface area contributed by atoms with E-state index in [-0.39, 0.29) is 6.02 Å². The van der Waals surface area contributed by atoms with Crippen LogP contribution in [-0.2, 0) is 4.74 Å². The number of nitrogens with zero attached hydrogens (tertiary/aromatic N) is 1. The second-order valence-corrected chi connectivity index (χ2v) is 4.86. The highest BCUT2D eigenvalue weighted by atomic mass is 32.2. The minimum absolute atomic E-state index is 0.198. The number of alkyl halides is 2. The predicted octanol–water partition coefficient (Wildman–Crippen LogP) is -0.611. The van der Waals surface area contributed by atoms with Crippen LogP contribution in [0.25, 0.3) is 0 Å². The van der Waals surface area contributed by atoms with Gasteiger partial charge in [-0.25, -0.2) is 13.8 Å². The van der Waals surface area contributed by atoms with E-state index in [4.69, 9.17) is 4.74 Å². The fourth-order valence-electron chi connectivity index (χ4n) is 1.72. The van der Waals surface area contributed by atoms with Crippen molar-refractivity contribution in [1.29, 1.82) is 0 Å². The Morgan fingerprint density at radius 2 is 2.12 bits per heavy atom. The number of rotatable bonds is 1. The molecule has 0 aromatic carbocycles. The van der Waals surface area contributed by atoms with Crippen LogP contribution in [0, 0.1) is 0 Å². The van der Waals surface area contributed by atoms with Crippen molar-refractivity contribution in [1.82, 2.24) is 5.32 Å². The minimum atomic E-state index is -2.71. The standard InChI is InChI=1S/C8H12F2N2O3S/c1-11-8-12-2-3(13)4(14)5(6(9)10)16-7(2)15-8/h2-7,13-14H,1H3,(H,11,12)/t2-,3-,4+,5?,7+/m1/s1. The first kappa shape index (κ1) is 11.9. The Balaban J connectivity index is 2.14. The molecule has 16 heavy (non-hydrogen) atoms. The zero-order valence-electron chi connectivity index (χ0n) is 8.38. The molecule has 0 saturated carbocycles. The Kier molecular flexibility index (Phi) is 3.22. The molecule has 0 aliphatic carbocycles. The number of halogens is 2. The van der Waals surface area contributed by atoms with Gasteiger partial charge in [-0.3, -0.25) is 0 Å². The lowest BCUT2D eigenvalue weighted by Crippen LogP contribution is -2.53. The molecule has 0 aromatic rings. The summed E-state index contributed by atoms with van der Waals surface area (Å²) in [6.07, 6.45) is -5.52. The molecule has 0 amide bonds. The molecule has 2 rings (SSSR count). The van der Waals surface area contributed by atoms with E-state index in [0.717, 1.165) is 11.8 Å². The maximum Gasteiger partial charge on any atom is 0.286 e. The molecule has 0 radical (unpaired) electrons. The van der Waals surface area contributed by atoms with Gasteiger partial charge in [0.1, 0.15) is 12.1 Å². The first-order valence-electron chi connectivity index (χ1n) is 4.76. The lowest BCUT2D eigenvalue weighted by molar-refractivity contribution is -0.0386. The summed E-state index contributed by atoms with van der Waals surface area (Å²) in [6, 6.07) is -0.499. The van der Waals surface area contributed by atoms with Crippen LogP contribution < -0.4 is 5.32 Å². The lowest BCUT2D eigenvalue weighted by Gasteiger charge is -2.36. The van der Waals surface area contributed by atoms with E-state index in [0.29, 0.717) is 0 Å². The predicted molar refractivity (Wildman–Crippen MR) is 54.6 cm³/mol. The van der Waals surface area contributed by atoms with Crippen LogP contribution in [0.5, 0.6) is 0 Å². The van der Waals surface area contributed by atoms with Crippen molar-refractivity contribution in [3.05, 3.63) is 0 Å². The van der Waals surface area contributed by atoms with E-state index >= 15 is 0 Å². The third kappa shape index (κ3) is 1.85. The molecule has 0 aromatic heterocycles. The molecule has 2 aliphatic rings. The average molecular weight is 254 g/mol. The van der Waals surface area contributed by atoms with Crippen molar-refractivity contribution in [2.45, 2.75) is 35.4 Å². The van der Waals surface area contributed by atoms with Gasteiger partial charge in [0, 0.05) is 7.05 Å². The van der Waals surface area contributed by atoms with Gasteiger partial charge >= 0.3 is 0 Å². The number of thioether (sulfide) groups is 1. The summed E-state index contributed by atoms with van der Waals surface area (Å²) in [4.78, 5) is 3.96. The molecular formula is C8H12F2N2O3S. The molecule has 5 nitrogen and oxygen atoms in total. The molecule has 92 valence electrons.